The summed E-state index contributed by atoms with van der Waals surface area (Å²) in [6.07, 6.45) is -4.58. The molecule has 0 amide bonds. The van der Waals surface area contributed by atoms with Gasteiger partial charge in [0.05, 0.1) is 0 Å². The molecule has 1 saturated heterocycles. The van der Waals surface area contributed by atoms with E-state index in [4.69, 9.17) is 15.6 Å². The number of carboxylic acids is 1. The van der Waals surface area contributed by atoms with Crippen molar-refractivity contribution in [3.63, 3.8) is 0 Å². The van der Waals surface area contributed by atoms with Gasteiger partial charge in [0.2, 0.25) is 0 Å². The molecule has 33 heavy (non-hydrogen) atoms. The van der Waals surface area contributed by atoms with Crippen molar-refractivity contribution in [1.29, 1.82) is 0 Å². The molecule has 178 valence electrons. The third-order valence-corrected chi connectivity index (χ3v) is 5.07. The van der Waals surface area contributed by atoms with Crippen molar-refractivity contribution in [3.05, 3.63) is 53.1 Å². The Labute approximate surface area is 182 Å². The highest BCUT2D eigenvalue weighted by atomic mass is 19.4. The highest BCUT2D eigenvalue weighted by Gasteiger charge is 2.38. The SMILES string of the molecule is Cc1nnc2ccc(N3CC[C@H](c4cc(F)c(F)cc4F)[C@@H](N)C3)nn12.O=C(O)C(F)(F)F. The van der Waals surface area contributed by atoms with E-state index in [0.717, 1.165) is 6.07 Å². The number of anilines is 1. The molecule has 0 aliphatic carbocycles. The van der Waals surface area contributed by atoms with Gasteiger partial charge in [0.25, 0.3) is 0 Å². The Morgan fingerprint density at radius 2 is 1.76 bits per heavy atom. The van der Waals surface area contributed by atoms with Crippen molar-refractivity contribution in [2.45, 2.75) is 31.5 Å². The molecule has 3 heterocycles. The van der Waals surface area contributed by atoms with Crippen LogP contribution in [0, 0.1) is 24.4 Å². The van der Waals surface area contributed by atoms with E-state index in [-0.39, 0.29) is 11.5 Å². The van der Waals surface area contributed by atoms with Crippen molar-refractivity contribution in [2.75, 3.05) is 18.0 Å². The molecule has 0 spiro atoms. The average Bonchev–Trinajstić information content (AvgIpc) is 3.11. The van der Waals surface area contributed by atoms with Crippen LogP contribution >= 0.6 is 0 Å². The minimum absolute atomic E-state index is 0.120. The Balaban J connectivity index is 0.000000383. The van der Waals surface area contributed by atoms with Gasteiger partial charge in [-0.05, 0) is 37.1 Å². The first-order chi connectivity index (χ1) is 15.4. The van der Waals surface area contributed by atoms with Gasteiger partial charge >= 0.3 is 12.1 Å². The lowest BCUT2D eigenvalue weighted by Gasteiger charge is -2.37. The van der Waals surface area contributed by atoms with E-state index in [0.29, 0.717) is 42.9 Å². The number of carboxylic acid groups (broad SMARTS) is 1. The van der Waals surface area contributed by atoms with Crippen LogP contribution in [0.25, 0.3) is 5.65 Å². The minimum Gasteiger partial charge on any atom is -0.475 e. The predicted octanol–water partition coefficient (Wildman–Crippen LogP) is 2.80. The molecule has 0 unspecified atom stereocenters. The zero-order valence-corrected chi connectivity index (χ0v) is 17.0. The smallest absolute Gasteiger partial charge is 0.475 e. The summed E-state index contributed by atoms with van der Waals surface area (Å²) in [5.74, 6) is -4.79. The van der Waals surface area contributed by atoms with Gasteiger partial charge in [0.15, 0.2) is 23.1 Å². The summed E-state index contributed by atoms with van der Waals surface area (Å²) in [7, 11) is 0. The fourth-order valence-corrected chi connectivity index (χ4v) is 3.45. The molecule has 1 aliphatic heterocycles. The molecule has 0 saturated carbocycles. The quantitative estimate of drug-likeness (QED) is 0.433. The Morgan fingerprint density at radius 3 is 2.36 bits per heavy atom. The second-order valence-electron chi connectivity index (χ2n) is 7.30. The summed E-state index contributed by atoms with van der Waals surface area (Å²) < 4.78 is 74.1. The number of nitrogens with zero attached hydrogens (tertiary/aromatic N) is 5. The van der Waals surface area contributed by atoms with Crippen LogP contribution in [0.15, 0.2) is 24.3 Å². The number of alkyl halides is 3. The Bertz CT molecular complexity index is 1170. The number of aryl methyl sites for hydroxylation is 1. The molecule has 1 aliphatic rings. The third kappa shape index (κ3) is 5.32. The van der Waals surface area contributed by atoms with Crippen molar-refractivity contribution >= 4 is 17.4 Å². The normalized spacial score (nSPS) is 18.7. The number of fused-ring (bicyclic) bond motifs is 1. The zero-order chi connectivity index (χ0) is 24.5. The first-order valence-corrected chi connectivity index (χ1v) is 9.52. The molecule has 2 aromatic heterocycles. The summed E-state index contributed by atoms with van der Waals surface area (Å²) in [4.78, 5) is 10.9. The van der Waals surface area contributed by atoms with E-state index in [2.05, 4.69) is 15.3 Å². The molecule has 2 atom stereocenters. The standard InChI is InChI=1S/C17H17F3N6.C2HF3O2/c1-9-22-23-16-2-3-17(24-26(9)16)25-5-4-10(15(21)8-25)11-6-13(19)14(20)7-12(11)18;3-2(4,5)1(6)7/h2-3,6-7,10,15H,4-5,8,21H2,1H3;(H,6,7)/t10-,15+;/m1./s1. The van der Waals surface area contributed by atoms with E-state index in [1.807, 2.05) is 17.0 Å². The van der Waals surface area contributed by atoms with Gasteiger partial charge < -0.3 is 15.7 Å². The first kappa shape index (κ1) is 24.2. The van der Waals surface area contributed by atoms with Crippen LogP contribution in [0.1, 0.15) is 23.7 Å². The number of benzene rings is 1. The van der Waals surface area contributed by atoms with E-state index in [1.54, 1.807) is 11.4 Å². The van der Waals surface area contributed by atoms with Crippen LogP contribution in [0.4, 0.5) is 32.2 Å². The molecule has 0 bridgehead atoms. The number of carbonyl (C=O) groups is 1. The summed E-state index contributed by atoms with van der Waals surface area (Å²) in [5, 5.41) is 19.6. The fourth-order valence-electron chi connectivity index (χ4n) is 3.45. The lowest BCUT2D eigenvalue weighted by Crippen LogP contribution is -2.48. The Hall–Kier alpha value is -3.42. The first-order valence-electron chi connectivity index (χ1n) is 9.52. The number of aromatic nitrogens is 4. The van der Waals surface area contributed by atoms with E-state index in [1.165, 1.54) is 0 Å². The number of halogens is 6. The highest BCUT2D eigenvalue weighted by molar-refractivity contribution is 5.73. The van der Waals surface area contributed by atoms with Crippen molar-refractivity contribution in [2.24, 2.45) is 5.73 Å². The van der Waals surface area contributed by atoms with Gasteiger partial charge in [0, 0.05) is 31.1 Å². The van der Waals surface area contributed by atoms with Crippen LogP contribution in [-0.4, -0.2) is 56.2 Å². The summed E-state index contributed by atoms with van der Waals surface area (Å²) in [6.45, 7) is 2.79. The molecule has 8 nitrogen and oxygen atoms in total. The monoisotopic (exact) mass is 476 g/mol. The Morgan fingerprint density at radius 1 is 1.12 bits per heavy atom. The molecule has 1 fully saturated rings. The molecular weight excluding hydrogens is 458 g/mol. The lowest BCUT2D eigenvalue weighted by atomic mass is 9.85. The van der Waals surface area contributed by atoms with E-state index < -0.39 is 35.6 Å². The maximum atomic E-state index is 14.1. The van der Waals surface area contributed by atoms with Gasteiger partial charge in [-0.3, -0.25) is 0 Å². The lowest BCUT2D eigenvalue weighted by molar-refractivity contribution is -0.192. The second kappa shape index (κ2) is 9.21. The summed E-state index contributed by atoms with van der Waals surface area (Å²) >= 11 is 0. The molecular formula is C19H18F6N6O2. The number of nitrogens with two attached hydrogens (primary N) is 1. The largest absolute Gasteiger partial charge is 0.490 e. The molecule has 3 N–H and O–H groups in total. The van der Waals surface area contributed by atoms with Crippen molar-refractivity contribution in [1.82, 2.24) is 19.8 Å². The number of aliphatic carboxylic acids is 1. The van der Waals surface area contributed by atoms with Crippen LogP contribution in [0.3, 0.4) is 0 Å². The molecule has 0 radical (unpaired) electrons. The van der Waals surface area contributed by atoms with Crippen LogP contribution < -0.4 is 10.6 Å². The average molecular weight is 476 g/mol. The number of hydrogen-bond donors (Lipinski definition) is 2. The van der Waals surface area contributed by atoms with Gasteiger partial charge in [-0.25, -0.2) is 18.0 Å². The molecule has 4 rings (SSSR count). The summed E-state index contributed by atoms with van der Waals surface area (Å²) in [5.41, 5.74) is 7.00. The second-order valence-corrected chi connectivity index (χ2v) is 7.30. The number of rotatable bonds is 2. The Kier molecular flexibility index (Phi) is 6.76. The van der Waals surface area contributed by atoms with Gasteiger partial charge in [-0.15, -0.1) is 15.3 Å². The van der Waals surface area contributed by atoms with Crippen LogP contribution in [0.5, 0.6) is 0 Å². The van der Waals surface area contributed by atoms with Crippen LogP contribution in [-0.2, 0) is 4.79 Å². The van der Waals surface area contributed by atoms with Gasteiger partial charge in [-0.2, -0.15) is 17.7 Å². The molecule has 3 aromatic rings. The fraction of sp³-hybridized carbons (Fsp3) is 0.368. The van der Waals surface area contributed by atoms with E-state index >= 15 is 0 Å². The van der Waals surface area contributed by atoms with Gasteiger partial charge in [-0.1, -0.05) is 0 Å². The van der Waals surface area contributed by atoms with Crippen molar-refractivity contribution < 1.29 is 36.2 Å². The molecule has 14 heteroatoms. The maximum absolute atomic E-state index is 14.1. The summed E-state index contributed by atoms with van der Waals surface area (Å²) in [6, 6.07) is 4.69. The number of hydrogen-bond acceptors (Lipinski definition) is 6. The predicted molar refractivity (Wildman–Crippen MR) is 103 cm³/mol. The van der Waals surface area contributed by atoms with Gasteiger partial charge in [0.1, 0.15) is 11.6 Å². The third-order valence-electron chi connectivity index (χ3n) is 5.07. The number of piperidine rings is 1. The minimum atomic E-state index is -5.08. The topological polar surface area (TPSA) is 110 Å². The van der Waals surface area contributed by atoms with Crippen LogP contribution in [0.2, 0.25) is 0 Å². The highest BCUT2D eigenvalue weighted by Crippen LogP contribution is 2.32. The zero-order valence-electron chi connectivity index (χ0n) is 17.0. The maximum Gasteiger partial charge on any atom is 0.490 e. The molecule has 1 aromatic carbocycles. The van der Waals surface area contributed by atoms with E-state index in [9.17, 15) is 26.3 Å². The van der Waals surface area contributed by atoms with Crippen molar-refractivity contribution in [3.8, 4) is 0 Å².